The third-order valence-electron chi connectivity index (χ3n) is 1.24. The van der Waals surface area contributed by atoms with E-state index in [1.807, 2.05) is 19.9 Å². The minimum absolute atomic E-state index is 0.371. The van der Waals surface area contributed by atoms with E-state index in [1.54, 1.807) is 13.0 Å². The van der Waals surface area contributed by atoms with E-state index in [0.717, 1.165) is 5.57 Å². The molecule has 0 heterocycles. The third-order valence-corrected chi connectivity index (χ3v) is 1.24. The van der Waals surface area contributed by atoms with Gasteiger partial charge in [-0.15, -0.1) is 0 Å². The predicted octanol–water partition coefficient (Wildman–Crippen LogP) is 1.98. The Morgan fingerprint density at radius 2 is 1.90 bits per heavy atom. The first-order valence-corrected chi connectivity index (χ1v) is 3.12. The van der Waals surface area contributed by atoms with Crippen molar-refractivity contribution in [2.75, 3.05) is 0 Å². The molecule has 0 saturated heterocycles. The molecule has 0 aliphatic carbocycles. The highest BCUT2D eigenvalue weighted by Gasteiger charge is 1.97. The van der Waals surface area contributed by atoms with Gasteiger partial charge < -0.3 is 5.11 Å². The summed E-state index contributed by atoms with van der Waals surface area (Å²) in [6, 6.07) is 0. The van der Waals surface area contributed by atoms with E-state index in [1.165, 1.54) is 0 Å². The highest BCUT2D eigenvalue weighted by Crippen LogP contribution is 2.00. The smallest absolute Gasteiger partial charge is 0.331 e. The molecule has 0 aromatic rings. The zero-order chi connectivity index (χ0) is 8.15. The largest absolute Gasteiger partial charge is 0.478 e. The van der Waals surface area contributed by atoms with E-state index in [-0.39, 0.29) is 0 Å². The predicted molar refractivity (Wildman–Crippen MR) is 40.8 cm³/mol. The molecule has 0 saturated carbocycles. The van der Waals surface area contributed by atoms with Crippen LogP contribution in [0, 0.1) is 0 Å². The van der Waals surface area contributed by atoms with Crippen LogP contribution in [0.15, 0.2) is 23.3 Å². The minimum Gasteiger partial charge on any atom is -0.478 e. The van der Waals surface area contributed by atoms with Crippen molar-refractivity contribution in [3.8, 4) is 0 Å². The second-order valence-corrected chi connectivity index (χ2v) is 2.17. The van der Waals surface area contributed by atoms with Gasteiger partial charge in [-0.1, -0.05) is 11.6 Å². The van der Waals surface area contributed by atoms with Crippen molar-refractivity contribution >= 4 is 5.97 Å². The fourth-order valence-electron chi connectivity index (χ4n) is 0.487. The summed E-state index contributed by atoms with van der Waals surface area (Å²) in [7, 11) is 0. The maximum Gasteiger partial charge on any atom is 0.331 e. The maximum absolute atomic E-state index is 10.3. The van der Waals surface area contributed by atoms with Crippen LogP contribution in [0.1, 0.15) is 20.8 Å². The number of rotatable bonds is 2. The number of carbonyl (C=O) groups is 1. The van der Waals surface area contributed by atoms with Gasteiger partial charge in [0.25, 0.3) is 0 Å². The highest BCUT2D eigenvalue weighted by atomic mass is 16.4. The molecule has 56 valence electrons. The molecule has 0 aromatic carbocycles. The second-order valence-electron chi connectivity index (χ2n) is 2.17. The Labute approximate surface area is 60.9 Å². The molecule has 0 unspecified atom stereocenters. The maximum atomic E-state index is 10.3. The van der Waals surface area contributed by atoms with Crippen molar-refractivity contribution in [3.63, 3.8) is 0 Å². The lowest BCUT2D eigenvalue weighted by molar-refractivity contribution is -0.132. The van der Waals surface area contributed by atoms with Gasteiger partial charge in [0.2, 0.25) is 0 Å². The fourth-order valence-corrected chi connectivity index (χ4v) is 0.487. The Morgan fingerprint density at radius 3 is 2.20 bits per heavy atom. The van der Waals surface area contributed by atoms with Gasteiger partial charge in [0.15, 0.2) is 0 Å². The SMILES string of the molecule is CC=C(C)C=C(C)C(=O)O. The van der Waals surface area contributed by atoms with Crippen LogP contribution in [0.2, 0.25) is 0 Å². The van der Waals surface area contributed by atoms with E-state index in [9.17, 15) is 4.79 Å². The number of carboxylic acid groups (broad SMARTS) is 1. The van der Waals surface area contributed by atoms with Gasteiger partial charge in [-0.2, -0.15) is 0 Å². The van der Waals surface area contributed by atoms with Crippen LogP contribution >= 0.6 is 0 Å². The van der Waals surface area contributed by atoms with Gasteiger partial charge in [0.1, 0.15) is 0 Å². The van der Waals surface area contributed by atoms with Crippen molar-refractivity contribution in [1.29, 1.82) is 0 Å². The monoisotopic (exact) mass is 140 g/mol. The molecule has 0 aliphatic heterocycles. The summed E-state index contributed by atoms with van der Waals surface area (Å²) >= 11 is 0. The Balaban J connectivity index is 4.31. The topological polar surface area (TPSA) is 37.3 Å². The Hall–Kier alpha value is -1.05. The summed E-state index contributed by atoms with van der Waals surface area (Å²) in [6.07, 6.45) is 3.51. The molecular formula is C8H12O2. The van der Waals surface area contributed by atoms with Crippen molar-refractivity contribution in [1.82, 2.24) is 0 Å². The van der Waals surface area contributed by atoms with Crippen LogP contribution in [0.4, 0.5) is 0 Å². The number of aliphatic carboxylic acids is 1. The molecule has 0 rings (SSSR count). The summed E-state index contributed by atoms with van der Waals surface area (Å²) < 4.78 is 0. The average molecular weight is 140 g/mol. The van der Waals surface area contributed by atoms with Gasteiger partial charge in [-0.3, -0.25) is 0 Å². The minimum atomic E-state index is -0.860. The zero-order valence-corrected chi connectivity index (χ0v) is 6.51. The van der Waals surface area contributed by atoms with Crippen molar-refractivity contribution in [2.24, 2.45) is 0 Å². The highest BCUT2D eigenvalue weighted by molar-refractivity contribution is 5.86. The Morgan fingerprint density at radius 1 is 1.40 bits per heavy atom. The number of allylic oxidation sites excluding steroid dienone is 3. The van der Waals surface area contributed by atoms with Gasteiger partial charge in [0, 0.05) is 5.57 Å². The molecule has 10 heavy (non-hydrogen) atoms. The number of hydrogen-bond acceptors (Lipinski definition) is 1. The molecule has 0 atom stereocenters. The van der Waals surface area contributed by atoms with Gasteiger partial charge in [-0.25, -0.2) is 4.79 Å². The third kappa shape index (κ3) is 3.07. The molecule has 0 fully saturated rings. The molecule has 0 amide bonds. The lowest BCUT2D eigenvalue weighted by atomic mass is 10.2. The summed E-state index contributed by atoms with van der Waals surface area (Å²) in [5.74, 6) is -0.860. The standard InChI is InChI=1S/C8H12O2/c1-4-6(2)5-7(3)8(9)10/h4-5H,1-3H3,(H,9,10). The van der Waals surface area contributed by atoms with Crippen molar-refractivity contribution in [3.05, 3.63) is 23.3 Å². The first-order valence-electron chi connectivity index (χ1n) is 3.12. The van der Waals surface area contributed by atoms with Crippen molar-refractivity contribution < 1.29 is 9.90 Å². The zero-order valence-electron chi connectivity index (χ0n) is 6.51. The Bertz CT molecular complexity index is 187. The van der Waals surface area contributed by atoms with E-state index >= 15 is 0 Å². The van der Waals surface area contributed by atoms with Gasteiger partial charge in [0.05, 0.1) is 0 Å². The summed E-state index contributed by atoms with van der Waals surface area (Å²) in [5, 5.41) is 8.43. The van der Waals surface area contributed by atoms with Crippen LogP contribution in [0.3, 0.4) is 0 Å². The van der Waals surface area contributed by atoms with E-state index < -0.39 is 5.97 Å². The van der Waals surface area contributed by atoms with Crippen LogP contribution in [0.25, 0.3) is 0 Å². The lowest BCUT2D eigenvalue weighted by Crippen LogP contribution is -1.95. The molecule has 0 bridgehead atoms. The van der Waals surface area contributed by atoms with Gasteiger partial charge >= 0.3 is 5.97 Å². The van der Waals surface area contributed by atoms with E-state index in [0.29, 0.717) is 5.57 Å². The van der Waals surface area contributed by atoms with Crippen LogP contribution in [-0.4, -0.2) is 11.1 Å². The quantitative estimate of drug-likeness (QED) is 0.470. The normalized spacial score (nSPS) is 13.5. The molecule has 0 spiro atoms. The first kappa shape index (κ1) is 8.95. The lowest BCUT2D eigenvalue weighted by Gasteiger charge is -1.91. The summed E-state index contributed by atoms with van der Waals surface area (Å²) in [4.78, 5) is 10.3. The second kappa shape index (κ2) is 3.88. The molecule has 2 nitrogen and oxygen atoms in total. The fraction of sp³-hybridized carbons (Fsp3) is 0.375. The van der Waals surface area contributed by atoms with E-state index in [2.05, 4.69) is 0 Å². The van der Waals surface area contributed by atoms with Crippen LogP contribution in [0.5, 0.6) is 0 Å². The molecular weight excluding hydrogens is 128 g/mol. The number of carboxylic acids is 1. The molecule has 2 heteroatoms. The molecule has 1 N–H and O–H groups in total. The van der Waals surface area contributed by atoms with Gasteiger partial charge in [-0.05, 0) is 26.8 Å². The van der Waals surface area contributed by atoms with E-state index in [4.69, 9.17) is 5.11 Å². The number of hydrogen-bond donors (Lipinski definition) is 1. The van der Waals surface area contributed by atoms with Crippen molar-refractivity contribution in [2.45, 2.75) is 20.8 Å². The van der Waals surface area contributed by atoms with Crippen LogP contribution in [-0.2, 0) is 4.79 Å². The molecule has 0 radical (unpaired) electrons. The average Bonchev–Trinajstić information content (AvgIpc) is 1.87. The summed E-state index contributed by atoms with van der Waals surface area (Å²) in [6.45, 7) is 5.32. The van der Waals surface area contributed by atoms with Crippen LogP contribution < -0.4 is 0 Å². The first-order chi connectivity index (χ1) is 4.57. The molecule has 0 aromatic heterocycles. The summed E-state index contributed by atoms with van der Waals surface area (Å²) in [5.41, 5.74) is 1.34. The molecule has 0 aliphatic rings. The Kier molecular flexibility index (Phi) is 3.47.